The van der Waals surface area contributed by atoms with Gasteiger partial charge in [0.05, 0.1) is 5.54 Å². The van der Waals surface area contributed by atoms with Crippen LogP contribution in [0.15, 0.2) is 24.3 Å². The number of hydrogen-bond donors (Lipinski definition) is 2. The van der Waals surface area contributed by atoms with E-state index in [0.29, 0.717) is 13.0 Å². The van der Waals surface area contributed by atoms with Gasteiger partial charge in [0.15, 0.2) is 0 Å². The molecule has 1 aromatic carbocycles. The molecule has 0 aliphatic carbocycles. The number of carbonyl (C=O) groups is 1. The maximum Gasteiger partial charge on any atom is 0.237 e. The monoisotopic (exact) mass is 234 g/mol. The zero-order valence-corrected chi connectivity index (χ0v) is 10.9. The van der Waals surface area contributed by atoms with Crippen LogP contribution in [0.25, 0.3) is 0 Å². The minimum Gasteiger partial charge on any atom is -0.368 e. The SMILES string of the molecule is CCc1ccc(CNC(C)(CC)C(N)=O)cc1. The number of aryl methyl sites for hydroxylation is 1. The normalized spacial score (nSPS) is 14.3. The molecule has 0 aromatic heterocycles. The van der Waals surface area contributed by atoms with Gasteiger partial charge >= 0.3 is 0 Å². The Balaban J connectivity index is 2.63. The molecule has 1 aromatic rings. The van der Waals surface area contributed by atoms with Crippen LogP contribution in [0.1, 0.15) is 38.3 Å². The van der Waals surface area contributed by atoms with Crippen molar-refractivity contribution in [3.8, 4) is 0 Å². The molecule has 0 aliphatic heterocycles. The first-order chi connectivity index (χ1) is 8.01. The summed E-state index contributed by atoms with van der Waals surface area (Å²) < 4.78 is 0. The number of benzene rings is 1. The second-order valence-corrected chi connectivity index (χ2v) is 4.57. The first kappa shape index (κ1) is 13.7. The number of rotatable bonds is 6. The Morgan fingerprint density at radius 1 is 1.24 bits per heavy atom. The molecule has 1 unspecified atom stereocenters. The number of hydrogen-bond acceptors (Lipinski definition) is 2. The van der Waals surface area contributed by atoms with E-state index in [4.69, 9.17) is 5.73 Å². The van der Waals surface area contributed by atoms with Crippen LogP contribution in [0.3, 0.4) is 0 Å². The first-order valence-corrected chi connectivity index (χ1v) is 6.14. The Kier molecular flexibility index (Phi) is 4.70. The van der Waals surface area contributed by atoms with Gasteiger partial charge in [-0.15, -0.1) is 0 Å². The molecule has 0 fully saturated rings. The van der Waals surface area contributed by atoms with Gasteiger partial charge in [-0.25, -0.2) is 0 Å². The number of amides is 1. The van der Waals surface area contributed by atoms with E-state index < -0.39 is 5.54 Å². The van der Waals surface area contributed by atoms with Crippen molar-refractivity contribution in [2.45, 2.75) is 45.7 Å². The summed E-state index contributed by atoms with van der Waals surface area (Å²) in [5, 5.41) is 3.22. The molecule has 3 nitrogen and oxygen atoms in total. The lowest BCUT2D eigenvalue weighted by Gasteiger charge is -2.26. The topological polar surface area (TPSA) is 55.1 Å². The van der Waals surface area contributed by atoms with Crippen molar-refractivity contribution < 1.29 is 4.79 Å². The summed E-state index contributed by atoms with van der Waals surface area (Å²) in [5.41, 5.74) is 7.26. The molecule has 3 N–H and O–H groups in total. The smallest absolute Gasteiger partial charge is 0.237 e. The second kappa shape index (κ2) is 5.82. The fourth-order valence-electron chi connectivity index (χ4n) is 1.58. The largest absolute Gasteiger partial charge is 0.368 e. The molecular weight excluding hydrogens is 212 g/mol. The minimum atomic E-state index is -0.622. The van der Waals surface area contributed by atoms with Crippen molar-refractivity contribution in [2.24, 2.45) is 5.73 Å². The first-order valence-electron chi connectivity index (χ1n) is 6.14. The van der Waals surface area contributed by atoms with Crippen molar-refractivity contribution in [1.82, 2.24) is 5.32 Å². The van der Waals surface area contributed by atoms with Gasteiger partial charge in [-0.2, -0.15) is 0 Å². The molecule has 0 spiro atoms. The van der Waals surface area contributed by atoms with Crippen molar-refractivity contribution >= 4 is 5.91 Å². The molecule has 0 saturated carbocycles. The minimum absolute atomic E-state index is 0.301. The van der Waals surface area contributed by atoms with Gasteiger partial charge in [-0.05, 0) is 30.9 Å². The van der Waals surface area contributed by atoms with Gasteiger partial charge < -0.3 is 5.73 Å². The summed E-state index contributed by atoms with van der Waals surface area (Å²) in [6.07, 6.45) is 1.73. The Morgan fingerprint density at radius 3 is 2.18 bits per heavy atom. The summed E-state index contributed by atoms with van der Waals surface area (Å²) in [5.74, 6) is -0.301. The molecule has 0 heterocycles. The Bertz CT molecular complexity index is 372. The van der Waals surface area contributed by atoms with Crippen LogP contribution in [-0.4, -0.2) is 11.4 Å². The van der Waals surface area contributed by atoms with Crippen LogP contribution in [0.2, 0.25) is 0 Å². The molecule has 0 aliphatic rings. The van der Waals surface area contributed by atoms with Crippen molar-refractivity contribution in [3.63, 3.8) is 0 Å². The Labute approximate surface area is 103 Å². The maximum absolute atomic E-state index is 11.3. The third-order valence-corrected chi connectivity index (χ3v) is 3.36. The molecule has 1 rings (SSSR count). The number of nitrogens with two attached hydrogens (primary N) is 1. The van der Waals surface area contributed by atoms with Crippen LogP contribution in [-0.2, 0) is 17.8 Å². The maximum atomic E-state index is 11.3. The summed E-state index contributed by atoms with van der Waals surface area (Å²) in [4.78, 5) is 11.3. The predicted molar refractivity (Wildman–Crippen MR) is 70.6 cm³/mol. The van der Waals surface area contributed by atoms with E-state index in [1.807, 2.05) is 13.8 Å². The average Bonchev–Trinajstić information content (AvgIpc) is 2.36. The molecule has 1 atom stereocenters. The van der Waals surface area contributed by atoms with Gasteiger partial charge in [0, 0.05) is 6.54 Å². The van der Waals surface area contributed by atoms with Crippen LogP contribution in [0, 0.1) is 0 Å². The van der Waals surface area contributed by atoms with Gasteiger partial charge in [-0.1, -0.05) is 38.1 Å². The van der Waals surface area contributed by atoms with E-state index >= 15 is 0 Å². The fraction of sp³-hybridized carbons (Fsp3) is 0.500. The Hall–Kier alpha value is -1.35. The summed E-state index contributed by atoms with van der Waals surface area (Å²) in [6, 6.07) is 8.40. The van der Waals surface area contributed by atoms with Crippen molar-refractivity contribution in [2.75, 3.05) is 0 Å². The highest BCUT2D eigenvalue weighted by atomic mass is 16.1. The molecular formula is C14H22N2O. The summed E-state index contributed by atoms with van der Waals surface area (Å²) in [7, 11) is 0. The van der Waals surface area contributed by atoms with Crippen LogP contribution < -0.4 is 11.1 Å². The van der Waals surface area contributed by atoms with Crippen molar-refractivity contribution in [3.05, 3.63) is 35.4 Å². The number of nitrogens with one attached hydrogen (secondary N) is 1. The zero-order chi connectivity index (χ0) is 12.9. The van der Waals surface area contributed by atoms with E-state index in [1.165, 1.54) is 11.1 Å². The standard InChI is InChI=1S/C14H22N2O/c1-4-11-6-8-12(9-7-11)10-16-14(3,5-2)13(15)17/h6-9,16H,4-5,10H2,1-3H3,(H2,15,17). The molecule has 94 valence electrons. The molecule has 3 heteroatoms. The van der Waals surface area contributed by atoms with E-state index in [2.05, 4.69) is 36.5 Å². The number of carbonyl (C=O) groups excluding carboxylic acids is 1. The molecule has 17 heavy (non-hydrogen) atoms. The lowest BCUT2D eigenvalue weighted by atomic mass is 9.97. The number of primary amides is 1. The van der Waals surface area contributed by atoms with Crippen LogP contribution in [0.4, 0.5) is 0 Å². The van der Waals surface area contributed by atoms with E-state index in [1.54, 1.807) is 0 Å². The van der Waals surface area contributed by atoms with E-state index in [0.717, 1.165) is 6.42 Å². The fourth-order valence-corrected chi connectivity index (χ4v) is 1.58. The quantitative estimate of drug-likeness (QED) is 0.791. The highest BCUT2D eigenvalue weighted by Crippen LogP contribution is 2.11. The second-order valence-electron chi connectivity index (χ2n) is 4.57. The van der Waals surface area contributed by atoms with Gasteiger partial charge in [0.1, 0.15) is 0 Å². The van der Waals surface area contributed by atoms with E-state index in [9.17, 15) is 4.79 Å². The van der Waals surface area contributed by atoms with Gasteiger partial charge in [-0.3, -0.25) is 10.1 Å². The highest BCUT2D eigenvalue weighted by molar-refractivity contribution is 5.84. The van der Waals surface area contributed by atoms with Gasteiger partial charge in [0.2, 0.25) is 5.91 Å². The third kappa shape index (κ3) is 3.56. The lowest BCUT2D eigenvalue weighted by Crippen LogP contribution is -2.52. The van der Waals surface area contributed by atoms with Crippen molar-refractivity contribution in [1.29, 1.82) is 0 Å². The lowest BCUT2D eigenvalue weighted by molar-refractivity contribution is -0.124. The zero-order valence-electron chi connectivity index (χ0n) is 10.9. The predicted octanol–water partition coefficient (Wildman–Crippen LogP) is 1.99. The molecule has 0 radical (unpaired) electrons. The van der Waals surface area contributed by atoms with E-state index in [-0.39, 0.29) is 5.91 Å². The molecule has 0 saturated heterocycles. The summed E-state index contributed by atoms with van der Waals surface area (Å²) >= 11 is 0. The van der Waals surface area contributed by atoms with Gasteiger partial charge in [0.25, 0.3) is 0 Å². The molecule has 1 amide bonds. The average molecular weight is 234 g/mol. The molecule has 0 bridgehead atoms. The Morgan fingerprint density at radius 2 is 1.76 bits per heavy atom. The van der Waals surface area contributed by atoms with Crippen LogP contribution >= 0.6 is 0 Å². The highest BCUT2D eigenvalue weighted by Gasteiger charge is 2.27. The van der Waals surface area contributed by atoms with Crippen LogP contribution in [0.5, 0.6) is 0 Å². The third-order valence-electron chi connectivity index (χ3n) is 3.36. The summed E-state index contributed by atoms with van der Waals surface area (Å²) in [6.45, 7) is 6.60.